The molecule has 92 valence electrons. The zero-order chi connectivity index (χ0) is 12.8. The number of hydrogen-bond donors (Lipinski definition) is 2. The highest BCUT2D eigenvalue weighted by atomic mass is 19.1. The van der Waals surface area contributed by atoms with E-state index in [0.717, 1.165) is 6.07 Å². The summed E-state index contributed by atoms with van der Waals surface area (Å²) in [5.41, 5.74) is 4.47. The SMILES string of the molecule is NC(=O)OCCNc1ccc([N+](=O)[O-])cc1F. The minimum Gasteiger partial charge on any atom is -0.448 e. The third-order valence-corrected chi connectivity index (χ3v) is 1.83. The number of benzene rings is 1. The van der Waals surface area contributed by atoms with E-state index in [0.29, 0.717) is 0 Å². The second kappa shape index (κ2) is 5.64. The number of halogens is 1. The third kappa shape index (κ3) is 3.93. The van der Waals surface area contributed by atoms with Crippen molar-refractivity contribution in [3.63, 3.8) is 0 Å². The molecule has 7 nitrogen and oxygen atoms in total. The van der Waals surface area contributed by atoms with Crippen LogP contribution in [0.2, 0.25) is 0 Å². The average Bonchev–Trinajstić information content (AvgIpc) is 2.25. The number of ether oxygens (including phenoxy) is 1. The number of rotatable bonds is 5. The van der Waals surface area contributed by atoms with Crippen LogP contribution in [0.5, 0.6) is 0 Å². The molecular weight excluding hydrogens is 233 g/mol. The number of carbonyl (C=O) groups excluding carboxylic acids is 1. The fourth-order valence-corrected chi connectivity index (χ4v) is 1.10. The molecule has 0 spiro atoms. The van der Waals surface area contributed by atoms with Crippen molar-refractivity contribution >= 4 is 17.5 Å². The van der Waals surface area contributed by atoms with Gasteiger partial charge in [0, 0.05) is 12.6 Å². The highest BCUT2D eigenvalue weighted by molar-refractivity contribution is 5.64. The maximum Gasteiger partial charge on any atom is 0.404 e. The van der Waals surface area contributed by atoms with Crippen LogP contribution in [-0.4, -0.2) is 24.2 Å². The van der Waals surface area contributed by atoms with Gasteiger partial charge in [0.2, 0.25) is 0 Å². The molecule has 0 aliphatic heterocycles. The minimum atomic E-state index is -0.920. The normalized spacial score (nSPS) is 9.71. The number of hydrogen-bond acceptors (Lipinski definition) is 5. The summed E-state index contributed by atoms with van der Waals surface area (Å²) < 4.78 is 17.7. The number of nitro groups is 1. The molecule has 0 saturated carbocycles. The van der Waals surface area contributed by atoms with Gasteiger partial charge in [-0.3, -0.25) is 10.1 Å². The summed E-state index contributed by atoms with van der Waals surface area (Å²) in [6, 6.07) is 3.20. The lowest BCUT2D eigenvalue weighted by Crippen LogP contribution is -2.18. The number of non-ortho nitro benzene ring substituents is 1. The van der Waals surface area contributed by atoms with E-state index in [9.17, 15) is 19.3 Å². The number of nitrogens with two attached hydrogens (primary N) is 1. The van der Waals surface area contributed by atoms with Crippen LogP contribution < -0.4 is 11.1 Å². The van der Waals surface area contributed by atoms with E-state index in [-0.39, 0.29) is 24.5 Å². The maximum atomic E-state index is 13.3. The summed E-state index contributed by atoms with van der Waals surface area (Å²) in [6.07, 6.45) is -0.920. The Balaban J connectivity index is 2.54. The number of amides is 1. The van der Waals surface area contributed by atoms with E-state index in [1.807, 2.05) is 0 Å². The van der Waals surface area contributed by atoms with Crippen LogP contribution in [0, 0.1) is 15.9 Å². The van der Waals surface area contributed by atoms with Crippen LogP contribution >= 0.6 is 0 Å². The Morgan fingerprint density at radius 2 is 2.29 bits per heavy atom. The first-order valence-corrected chi connectivity index (χ1v) is 4.60. The predicted molar refractivity (Wildman–Crippen MR) is 57.1 cm³/mol. The van der Waals surface area contributed by atoms with Gasteiger partial charge in [-0.1, -0.05) is 0 Å². The number of primary amides is 1. The van der Waals surface area contributed by atoms with Gasteiger partial charge in [-0.25, -0.2) is 9.18 Å². The molecule has 0 fully saturated rings. The van der Waals surface area contributed by atoms with Crippen molar-refractivity contribution in [2.45, 2.75) is 0 Å². The molecule has 1 aromatic carbocycles. The van der Waals surface area contributed by atoms with E-state index < -0.39 is 16.8 Å². The Kier molecular flexibility index (Phi) is 4.21. The summed E-state index contributed by atoms with van der Waals surface area (Å²) in [5, 5.41) is 13.0. The highest BCUT2D eigenvalue weighted by Gasteiger charge is 2.10. The number of nitrogens with zero attached hydrogens (tertiary/aromatic N) is 1. The van der Waals surface area contributed by atoms with Crippen LogP contribution in [0.4, 0.5) is 20.6 Å². The summed E-state index contributed by atoms with van der Waals surface area (Å²) in [4.78, 5) is 19.9. The van der Waals surface area contributed by atoms with Crippen molar-refractivity contribution in [1.82, 2.24) is 0 Å². The van der Waals surface area contributed by atoms with Gasteiger partial charge in [0.1, 0.15) is 6.61 Å². The van der Waals surface area contributed by atoms with Crippen LogP contribution in [0.1, 0.15) is 0 Å². The number of nitro benzene ring substituents is 1. The van der Waals surface area contributed by atoms with Gasteiger partial charge in [-0.05, 0) is 6.07 Å². The largest absolute Gasteiger partial charge is 0.448 e. The van der Waals surface area contributed by atoms with Gasteiger partial charge in [-0.2, -0.15) is 0 Å². The molecule has 0 radical (unpaired) electrons. The number of carbonyl (C=O) groups is 1. The molecule has 0 heterocycles. The summed E-state index contributed by atoms with van der Waals surface area (Å²) in [5.74, 6) is -0.752. The molecule has 17 heavy (non-hydrogen) atoms. The van der Waals surface area contributed by atoms with Crippen molar-refractivity contribution in [3.8, 4) is 0 Å². The lowest BCUT2D eigenvalue weighted by Gasteiger charge is -2.06. The molecule has 0 bridgehead atoms. The third-order valence-electron chi connectivity index (χ3n) is 1.83. The molecule has 0 aliphatic carbocycles. The molecule has 8 heteroatoms. The number of nitrogens with one attached hydrogen (secondary N) is 1. The molecular formula is C9H10FN3O4. The molecule has 0 aromatic heterocycles. The smallest absolute Gasteiger partial charge is 0.404 e. The molecule has 1 amide bonds. The Morgan fingerprint density at radius 3 is 2.82 bits per heavy atom. The van der Waals surface area contributed by atoms with Crippen LogP contribution in [0.3, 0.4) is 0 Å². The van der Waals surface area contributed by atoms with Gasteiger partial charge in [-0.15, -0.1) is 0 Å². The summed E-state index contributed by atoms with van der Waals surface area (Å²) >= 11 is 0. The van der Waals surface area contributed by atoms with Gasteiger partial charge in [0.25, 0.3) is 5.69 Å². The molecule has 0 atom stereocenters. The van der Waals surface area contributed by atoms with Crippen molar-refractivity contribution in [1.29, 1.82) is 0 Å². The summed E-state index contributed by atoms with van der Waals surface area (Å²) in [7, 11) is 0. The van der Waals surface area contributed by atoms with E-state index in [1.165, 1.54) is 12.1 Å². The van der Waals surface area contributed by atoms with Gasteiger partial charge < -0.3 is 15.8 Å². The van der Waals surface area contributed by atoms with Crippen molar-refractivity contribution < 1.29 is 18.8 Å². The first kappa shape index (κ1) is 12.7. The van der Waals surface area contributed by atoms with Gasteiger partial charge in [0.05, 0.1) is 16.7 Å². The van der Waals surface area contributed by atoms with E-state index >= 15 is 0 Å². The monoisotopic (exact) mass is 243 g/mol. The predicted octanol–water partition coefficient (Wildman–Crippen LogP) is 1.24. The fourth-order valence-electron chi connectivity index (χ4n) is 1.10. The second-order valence-corrected chi connectivity index (χ2v) is 3.02. The lowest BCUT2D eigenvalue weighted by molar-refractivity contribution is -0.385. The minimum absolute atomic E-state index is 0.0221. The standard InChI is InChI=1S/C9H10FN3O4/c10-7-5-6(13(15)16)1-2-8(7)12-3-4-17-9(11)14/h1-2,5,12H,3-4H2,(H2,11,14). The zero-order valence-electron chi connectivity index (χ0n) is 8.68. The Morgan fingerprint density at radius 1 is 1.59 bits per heavy atom. The van der Waals surface area contributed by atoms with Crippen molar-refractivity contribution in [2.24, 2.45) is 5.73 Å². The van der Waals surface area contributed by atoms with Crippen LogP contribution in [0.25, 0.3) is 0 Å². The fraction of sp³-hybridized carbons (Fsp3) is 0.222. The first-order valence-electron chi connectivity index (χ1n) is 4.60. The summed E-state index contributed by atoms with van der Waals surface area (Å²) in [6.45, 7) is 0.128. The topological polar surface area (TPSA) is 107 Å². The van der Waals surface area contributed by atoms with Gasteiger partial charge in [0.15, 0.2) is 5.82 Å². The zero-order valence-corrected chi connectivity index (χ0v) is 8.68. The van der Waals surface area contributed by atoms with Crippen molar-refractivity contribution in [3.05, 3.63) is 34.1 Å². The Hall–Kier alpha value is -2.38. The quantitative estimate of drug-likeness (QED) is 0.459. The Bertz CT molecular complexity index is 438. The Labute approximate surface area is 95.5 Å². The van der Waals surface area contributed by atoms with Crippen LogP contribution in [-0.2, 0) is 4.74 Å². The van der Waals surface area contributed by atoms with E-state index in [2.05, 4.69) is 10.1 Å². The van der Waals surface area contributed by atoms with Crippen LogP contribution in [0.15, 0.2) is 18.2 Å². The second-order valence-electron chi connectivity index (χ2n) is 3.02. The molecule has 0 unspecified atom stereocenters. The first-order chi connectivity index (χ1) is 8.00. The average molecular weight is 243 g/mol. The molecule has 1 aromatic rings. The van der Waals surface area contributed by atoms with Crippen molar-refractivity contribution in [2.75, 3.05) is 18.5 Å². The molecule has 0 aliphatic rings. The molecule has 3 N–H and O–H groups in total. The number of anilines is 1. The van der Waals surface area contributed by atoms with E-state index in [1.54, 1.807) is 0 Å². The lowest BCUT2D eigenvalue weighted by atomic mass is 10.2. The molecule has 0 saturated heterocycles. The van der Waals surface area contributed by atoms with Gasteiger partial charge >= 0.3 is 6.09 Å². The van der Waals surface area contributed by atoms with E-state index in [4.69, 9.17) is 5.73 Å². The highest BCUT2D eigenvalue weighted by Crippen LogP contribution is 2.19. The maximum absolute atomic E-state index is 13.3. The molecule has 1 rings (SSSR count).